The van der Waals surface area contributed by atoms with Crippen LogP contribution in [0.1, 0.15) is 0 Å². The first kappa shape index (κ1) is 23.8. The van der Waals surface area contributed by atoms with Crippen LogP contribution in [0.4, 0.5) is 0 Å². The molecule has 1 atom stereocenters. The number of aliphatic hydroxyl groups is 1. The van der Waals surface area contributed by atoms with Crippen LogP contribution in [0.5, 0.6) is 0 Å². The number of aliphatic hydroxyl groups excluding tert-OH is 1. The highest BCUT2D eigenvalue weighted by Crippen LogP contribution is 2.28. The first-order chi connectivity index (χ1) is 12.8. The summed E-state index contributed by atoms with van der Waals surface area (Å²) < 4.78 is 20.0. The van der Waals surface area contributed by atoms with E-state index in [0.717, 1.165) is 24.3 Å². The van der Waals surface area contributed by atoms with E-state index in [1.165, 1.54) is 0 Å². The molecule has 0 heterocycles. The third-order valence-electron chi connectivity index (χ3n) is 3.28. The van der Waals surface area contributed by atoms with Crippen LogP contribution in [-0.4, -0.2) is 61.5 Å². The van der Waals surface area contributed by atoms with Gasteiger partial charge in [-0.25, -0.2) is 19.2 Å². The largest absolute Gasteiger partial charge is 0.462 e. The Balaban J connectivity index is 5.86. The van der Waals surface area contributed by atoms with Crippen molar-refractivity contribution in [2.45, 2.75) is 6.10 Å². The molecule has 0 bridgehead atoms. The zero-order valence-corrected chi connectivity index (χ0v) is 14.8. The van der Waals surface area contributed by atoms with Crippen LogP contribution < -0.4 is 0 Å². The van der Waals surface area contributed by atoms with Crippen molar-refractivity contribution < 1.29 is 43.2 Å². The molecule has 0 aliphatic rings. The molecule has 0 rings (SSSR count). The first-order valence-corrected chi connectivity index (χ1v) is 7.60. The quantitative estimate of drug-likeness (QED) is 0.271. The van der Waals surface area contributed by atoms with Crippen molar-refractivity contribution in [2.24, 2.45) is 5.41 Å². The van der Waals surface area contributed by atoms with E-state index in [0.29, 0.717) is 0 Å². The van der Waals surface area contributed by atoms with Gasteiger partial charge < -0.3 is 24.1 Å². The molecule has 0 aromatic rings. The molecule has 0 radical (unpaired) electrons. The lowest BCUT2D eigenvalue weighted by Gasteiger charge is -2.37. The minimum Gasteiger partial charge on any atom is -0.462 e. The molecule has 148 valence electrons. The number of ether oxygens (including phenoxy) is 4. The molecule has 0 spiro atoms. The van der Waals surface area contributed by atoms with Crippen molar-refractivity contribution in [1.29, 1.82) is 0 Å². The van der Waals surface area contributed by atoms with Gasteiger partial charge >= 0.3 is 23.9 Å². The lowest BCUT2D eigenvalue weighted by atomic mass is 9.84. The first-order valence-electron chi connectivity index (χ1n) is 7.60. The number of rotatable bonds is 13. The second kappa shape index (κ2) is 12.2. The summed E-state index contributed by atoms with van der Waals surface area (Å²) >= 11 is 0. The van der Waals surface area contributed by atoms with E-state index in [9.17, 15) is 24.3 Å². The molecule has 0 saturated heterocycles. The van der Waals surface area contributed by atoms with Gasteiger partial charge in [-0.2, -0.15) is 0 Å². The molecule has 9 heteroatoms. The topological polar surface area (TPSA) is 125 Å². The zero-order chi connectivity index (χ0) is 20.9. The average Bonchev–Trinajstić information content (AvgIpc) is 2.70. The van der Waals surface area contributed by atoms with E-state index in [1.54, 1.807) is 0 Å². The number of hydrogen-bond acceptors (Lipinski definition) is 9. The fourth-order valence-corrected chi connectivity index (χ4v) is 1.77. The maximum atomic E-state index is 11.6. The summed E-state index contributed by atoms with van der Waals surface area (Å²) in [5.74, 6) is -3.41. The van der Waals surface area contributed by atoms with Gasteiger partial charge in [-0.3, -0.25) is 0 Å². The van der Waals surface area contributed by atoms with Crippen LogP contribution in [-0.2, 0) is 38.1 Å². The Morgan fingerprint density at radius 1 is 0.741 bits per heavy atom. The van der Waals surface area contributed by atoms with Gasteiger partial charge in [-0.05, 0) is 0 Å². The van der Waals surface area contributed by atoms with Gasteiger partial charge in [0.1, 0.15) is 31.3 Å². The van der Waals surface area contributed by atoms with Crippen molar-refractivity contribution >= 4 is 23.9 Å². The SMILES string of the molecule is C=CC(=O)OCC(COC(=O)C=C)(COC(=O)C=C)C(CO)OC(=O)C=C. The van der Waals surface area contributed by atoms with Crippen molar-refractivity contribution in [3.63, 3.8) is 0 Å². The summed E-state index contributed by atoms with van der Waals surface area (Å²) in [7, 11) is 0. The third kappa shape index (κ3) is 8.15. The van der Waals surface area contributed by atoms with Crippen molar-refractivity contribution in [3.05, 3.63) is 50.6 Å². The Labute approximate surface area is 156 Å². The molecule has 0 aromatic heterocycles. The van der Waals surface area contributed by atoms with E-state index in [2.05, 4.69) is 26.3 Å². The number of esters is 4. The number of carbonyl (C=O) groups is 4. The molecule has 0 aliphatic heterocycles. The van der Waals surface area contributed by atoms with Crippen LogP contribution in [0.25, 0.3) is 0 Å². The molecular weight excluding hydrogens is 360 g/mol. The number of carbonyl (C=O) groups excluding carboxylic acids is 4. The van der Waals surface area contributed by atoms with Crippen LogP contribution in [0.3, 0.4) is 0 Å². The molecule has 0 saturated carbocycles. The van der Waals surface area contributed by atoms with Gasteiger partial charge in [-0.15, -0.1) is 0 Å². The average molecular weight is 382 g/mol. The fourth-order valence-electron chi connectivity index (χ4n) is 1.77. The van der Waals surface area contributed by atoms with Gasteiger partial charge in [0.25, 0.3) is 0 Å². The second-order valence-electron chi connectivity index (χ2n) is 5.11. The molecule has 27 heavy (non-hydrogen) atoms. The van der Waals surface area contributed by atoms with Gasteiger partial charge in [0, 0.05) is 24.3 Å². The molecule has 1 N–H and O–H groups in total. The Bertz CT molecular complexity index is 546. The predicted molar refractivity (Wildman–Crippen MR) is 93.1 cm³/mol. The van der Waals surface area contributed by atoms with Gasteiger partial charge in [0.15, 0.2) is 0 Å². The standard InChI is InChI=1S/C18H22O9/c1-5-14(20)24-10-18(11-25-15(21)6-2,12-26-16(22)7-3)13(9-19)27-17(23)8-4/h5-8,13,19H,1-4,9-12H2. The minimum atomic E-state index is -1.62. The van der Waals surface area contributed by atoms with Gasteiger partial charge in [0.2, 0.25) is 0 Å². The molecule has 9 nitrogen and oxygen atoms in total. The van der Waals surface area contributed by atoms with Crippen LogP contribution in [0.15, 0.2) is 50.6 Å². The smallest absolute Gasteiger partial charge is 0.330 e. The van der Waals surface area contributed by atoms with Crippen molar-refractivity contribution in [2.75, 3.05) is 26.4 Å². The maximum Gasteiger partial charge on any atom is 0.330 e. The lowest BCUT2D eigenvalue weighted by Crippen LogP contribution is -2.51. The summed E-state index contributed by atoms with van der Waals surface area (Å²) in [5.41, 5.74) is -1.62. The Kier molecular flexibility index (Phi) is 10.8. The van der Waals surface area contributed by atoms with E-state index < -0.39 is 61.8 Å². The minimum absolute atomic E-state index is 0.539. The van der Waals surface area contributed by atoms with Gasteiger partial charge in [-0.1, -0.05) is 26.3 Å². The van der Waals surface area contributed by atoms with Crippen molar-refractivity contribution in [3.8, 4) is 0 Å². The lowest BCUT2D eigenvalue weighted by molar-refractivity contribution is -0.181. The zero-order valence-electron chi connectivity index (χ0n) is 14.8. The number of hydrogen-bond donors (Lipinski definition) is 1. The Hall–Kier alpha value is -3.20. The van der Waals surface area contributed by atoms with E-state index in [-0.39, 0.29) is 0 Å². The maximum absolute atomic E-state index is 11.6. The van der Waals surface area contributed by atoms with E-state index in [1.807, 2.05) is 0 Å². The third-order valence-corrected chi connectivity index (χ3v) is 3.28. The molecule has 0 aliphatic carbocycles. The van der Waals surface area contributed by atoms with E-state index in [4.69, 9.17) is 18.9 Å². The summed E-state index contributed by atoms with van der Waals surface area (Å²) in [6.07, 6.45) is 2.09. The molecular formula is C18H22O9. The normalized spacial score (nSPS) is 11.3. The monoisotopic (exact) mass is 382 g/mol. The van der Waals surface area contributed by atoms with Crippen LogP contribution in [0.2, 0.25) is 0 Å². The Morgan fingerprint density at radius 2 is 1.07 bits per heavy atom. The van der Waals surface area contributed by atoms with E-state index >= 15 is 0 Å². The van der Waals surface area contributed by atoms with Crippen molar-refractivity contribution in [1.82, 2.24) is 0 Å². The summed E-state index contributed by atoms with van der Waals surface area (Å²) in [6.45, 7) is 10.6. The predicted octanol–water partition coefficient (Wildman–Crippen LogP) is 0.250. The summed E-state index contributed by atoms with van der Waals surface area (Å²) in [5, 5.41) is 9.68. The summed E-state index contributed by atoms with van der Waals surface area (Å²) in [6, 6.07) is 0. The van der Waals surface area contributed by atoms with Crippen LogP contribution in [0, 0.1) is 5.41 Å². The molecule has 0 fully saturated rings. The van der Waals surface area contributed by atoms with Gasteiger partial charge in [0.05, 0.1) is 6.61 Å². The molecule has 0 aromatic carbocycles. The highest BCUT2D eigenvalue weighted by Gasteiger charge is 2.45. The van der Waals surface area contributed by atoms with Crippen LogP contribution >= 0.6 is 0 Å². The fraction of sp³-hybridized carbons (Fsp3) is 0.333. The summed E-state index contributed by atoms with van der Waals surface area (Å²) in [4.78, 5) is 46.0. The Morgan fingerprint density at radius 3 is 1.33 bits per heavy atom. The molecule has 0 amide bonds. The molecule has 1 unspecified atom stereocenters. The highest BCUT2D eigenvalue weighted by atomic mass is 16.6. The second-order valence-corrected chi connectivity index (χ2v) is 5.11. The highest BCUT2D eigenvalue weighted by molar-refractivity contribution is 5.82.